The molecule has 0 N–H and O–H groups in total. The van der Waals surface area contributed by atoms with Crippen LogP contribution in [0.15, 0.2) is 4.99 Å². The van der Waals surface area contributed by atoms with Crippen LogP contribution in [0.1, 0.15) is 13.3 Å². The second kappa shape index (κ2) is 2.07. The van der Waals surface area contributed by atoms with Crippen molar-refractivity contribution in [3.8, 4) is 0 Å². The zero-order valence-electron chi connectivity index (χ0n) is 4.92. The fourth-order valence-corrected chi connectivity index (χ4v) is 0.773. The Bertz CT molecular complexity index is 120. The minimum absolute atomic E-state index is 0.204. The summed E-state index contributed by atoms with van der Waals surface area (Å²) in [7, 11) is 0. The van der Waals surface area contributed by atoms with E-state index >= 15 is 0 Å². The molecule has 2 nitrogen and oxygen atoms in total. The molecule has 1 heterocycles. The maximum Gasteiger partial charge on any atom is 0.135 e. The number of carbonyl (C=O) groups is 1. The molecule has 0 aromatic heterocycles. The van der Waals surface area contributed by atoms with Gasteiger partial charge < -0.3 is 0 Å². The van der Waals surface area contributed by atoms with Crippen LogP contribution in [0.5, 0.6) is 0 Å². The van der Waals surface area contributed by atoms with Crippen molar-refractivity contribution in [1.82, 2.24) is 0 Å². The molecule has 0 aromatic carbocycles. The maximum atomic E-state index is 10.6. The number of aliphatic imine (C=N–C) groups is 1. The van der Waals surface area contributed by atoms with Gasteiger partial charge in [-0.25, -0.2) is 0 Å². The first kappa shape index (κ1) is 5.48. The standard InChI is InChI=1S/C6H9NO/c1-5(8)6-2-3-7-4-6/h3,6H,2,4H2,1H3. The van der Waals surface area contributed by atoms with Gasteiger partial charge in [-0.3, -0.25) is 9.79 Å². The van der Waals surface area contributed by atoms with Crippen LogP contribution in [0, 0.1) is 5.92 Å². The lowest BCUT2D eigenvalue weighted by atomic mass is 10.1. The molecule has 2 heteroatoms. The van der Waals surface area contributed by atoms with Crippen LogP contribution < -0.4 is 0 Å². The molecular formula is C6H9NO. The van der Waals surface area contributed by atoms with Gasteiger partial charge in [-0.15, -0.1) is 0 Å². The molecule has 8 heavy (non-hydrogen) atoms. The summed E-state index contributed by atoms with van der Waals surface area (Å²) in [5.41, 5.74) is 0. The molecule has 0 aromatic rings. The molecule has 0 spiro atoms. The van der Waals surface area contributed by atoms with Gasteiger partial charge in [0.25, 0.3) is 0 Å². The zero-order valence-corrected chi connectivity index (χ0v) is 4.92. The Morgan fingerprint density at radius 1 is 1.88 bits per heavy atom. The highest BCUT2D eigenvalue weighted by Crippen LogP contribution is 2.08. The number of rotatable bonds is 1. The normalized spacial score (nSPS) is 26.4. The van der Waals surface area contributed by atoms with Gasteiger partial charge in [-0.2, -0.15) is 0 Å². The highest BCUT2D eigenvalue weighted by Gasteiger charge is 2.14. The Kier molecular flexibility index (Phi) is 1.42. The third-order valence-corrected chi connectivity index (χ3v) is 1.42. The first-order valence-corrected chi connectivity index (χ1v) is 2.79. The Hall–Kier alpha value is -0.660. The van der Waals surface area contributed by atoms with Crippen molar-refractivity contribution in [3.05, 3.63) is 0 Å². The van der Waals surface area contributed by atoms with E-state index in [4.69, 9.17) is 0 Å². The minimum Gasteiger partial charge on any atom is -0.300 e. The summed E-state index contributed by atoms with van der Waals surface area (Å²) in [6.45, 7) is 2.34. The molecule has 44 valence electrons. The van der Waals surface area contributed by atoms with Crippen LogP contribution in [0.4, 0.5) is 0 Å². The van der Waals surface area contributed by atoms with E-state index in [0.717, 1.165) is 13.0 Å². The molecule has 0 bridgehead atoms. The highest BCUT2D eigenvalue weighted by atomic mass is 16.1. The monoisotopic (exact) mass is 111 g/mol. The summed E-state index contributed by atoms with van der Waals surface area (Å²) >= 11 is 0. The Labute approximate surface area is 48.6 Å². The zero-order chi connectivity index (χ0) is 5.98. The van der Waals surface area contributed by atoms with Crippen LogP contribution in [-0.2, 0) is 4.79 Å². The predicted octanol–water partition coefficient (Wildman–Crippen LogP) is 0.666. The molecule has 1 atom stereocenters. The van der Waals surface area contributed by atoms with E-state index in [1.807, 2.05) is 6.21 Å². The molecule has 0 fully saturated rings. The molecule has 1 rings (SSSR count). The molecule has 0 saturated carbocycles. The van der Waals surface area contributed by atoms with Crippen molar-refractivity contribution in [2.45, 2.75) is 13.3 Å². The quantitative estimate of drug-likeness (QED) is 0.489. The van der Waals surface area contributed by atoms with Crippen molar-refractivity contribution in [2.75, 3.05) is 6.54 Å². The number of hydrogen-bond donors (Lipinski definition) is 0. The highest BCUT2D eigenvalue weighted by molar-refractivity contribution is 5.83. The fourth-order valence-electron chi connectivity index (χ4n) is 0.773. The van der Waals surface area contributed by atoms with Crippen LogP contribution in [0.25, 0.3) is 0 Å². The van der Waals surface area contributed by atoms with Crippen LogP contribution >= 0.6 is 0 Å². The van der Waals surface area contributed by atoms with Crippen molar-refractivity contribution < 1.29 is 4.79 Å². The van der Waals surface area contributed by atoms with Gasteiger partial charge in [-0.1, -0.05) is 0 Å². The molecular weight excluding hydrogens is 102 g/mol. The van der Waals surface area contributed by atoms with Gasteiger partial charge in [0.1, 0.15) is 5.78 Å². The summed E-state index contributed by atoms with van der Waals surface area (Å²) in [5, 5.41) is 0. The van der Waals surface area contributed by atoms with Gasteiger partial charge in [0.15, 0.2) is 0 Å². The van der Waals surface area contributed by atoms with Crippen molar-refractivity contribution in [1.29, 1.82) is 0 Å². The third kappa shape index (κ3) is 0.941. The number of hydrogen-bond acceptors (Lipinski definition) is 2. The minimum atomic E-state index is 0.204. The summed E-state index contributed by atoms with van der Waals surface area (Å²) < 4.78 is 0. The second-order valence-corrected chi connectivity index (χ2v) is 2.09. The summed E-state index contributed by atoms with van der Waals surface area (Å²) in [5.74, 6) is 0.470. The summed E-state index contributed by atoms with van der Waals surface area (Å²) in [4.78, 5) is 14.5. The fraction of sp³-hybridized carbons (Fsp3) is 0.667. The van der Waals surface area contributed by atoms with Crippen LogP contribution in [0.3, 0.4) is 0 Å². The number of carbonyl (C=O) groups excluding carboxylic acids is 1. The molecule has 1 aliphatic rings. The van der Waals surface area contributed by atoms with Gasteiger partial charge >= 0.3 is 0 Å². The lowest BCUT2D eigenvalue weighted by molar-refractivity contribution is -0.120. The molecule has 0 amide bonds. The Morgan fingerprint density at radius 2 is 2.62 bits per heavy atom. The van der Waals surface area contributed by atoms with Crippen LogP contribution in [-0.4, -0.2) is 18.5 Å². The first-order chi connectivity index (χ1) is 3.80. The topological polar surface area (TPSA) is 29.4 Å². The van der Waals surface area contributed by atoms with E-state index in [9.17, 15) is 4.79 Å². The van der Waals surface area contributed by atoms with Crippen LogP contribution in [0.2, 0.25) is 0 Å². The molecule has 0 saturated heterocycles. The van der Waals surface area contributed by atoms with Gasteiger partial charge in [0, 0.05) is 12.5 Å². The number of ketones is 1. The lowest BCUT2D eigenvalue weighted by Gasteiger charge is -1.97. The van der Waals surface area contributed by atoms with E-state index in [1.54, 1.807) is 6.92 Å². The average molecular weight is 111 g/mol. The van der Waals surface area contributed by atoms with Gasteiger partial charge in [-0.05, 0) is 19.6 Å². The predicted molar refractivity (Wildman–Crippen MR) is 32.1 cm³/mol. The molecule has 0 radical (unpaired) electrons. The smallest absolute Gasteiger partial charge is 0.135 e. The van der Waals surface area contributed by atoms with Gasteiger partial charge in [0.05, 0.1) is 0 Å². The van der Waals surface area contributed by atoms with Crippen molar-refractivity contribution >= 4 is 12.0 Å². The van der Waals surface area contributed by atoms with Crippen molar-refractivity contribution in [2.24, 2.45) is 10.9 Å². The summed E-state index contributed by atoms with van der Waals surface area (Å²) in [6, 6.07) is 0. The maximum absolute atomic E-state index is 10.6. The van der Waals surface area contributed by atoms with E-state index in [1.165, 1.54) is 0 Å². The van der Waals surface area contributed by atoms with Gasteiger partial charge in [0.2, 0.25) is 0 Å². The number of nitrogens with zero attached hydrogens (tertiary/aromatic N) is 1. The third-order valence-electron chi connectivity index (χ3n) is 1.42. The SMILES string of the molecule is CC(=O)C1CC=NC1. The van der Waals surface area contributed by atoms with E-state index < -0.39 is 0 Å². The summed E-state index contributed by atoms with van der Waals surface area (Å²) in [6.07, 6.45) is 2.68. The van der Waals surface area contributed by atoms with Crippen molar-refractivity contribution in [3.63, 3.8) is 0 Å². The molecule has 0 aliphatic carbocycles. The second-order valence-electron chi connectivity index (χ2n) is 2.09. The number of Topliss-reactive ketones (excluding diaryl/α,β-unsaturated/α-hetero) is 1. The Balaban J connectivity index is 2.41. The molecule has 1 unspecified atom stereocenters. The Morgan fingerprint density at radius 3 is 2.88 bits per heavy atom. The molecule has 1 aliphatic heterocycles. The lowest BCUT2D eigenvalue weighted by Crippen LogP contribution is -2.09. The van der Waals surface area contributed by atoms with E-state index in [2.05, 4.69) is 4.99 Å². The first-order valence-electron chi connectivity index (χ1n) is 2.79. The largest absolute Gasteiger partial charge is 0.300 e. The van der Waals surface area contributed by atoms with E-state index in [-0.39, 0.29) is 11.7 Å². The average Bonchev–Trinajstić information content (AvgIpc) is 2.12. The van der Waals surface area contributed by atoms with E-state index in [0.29, 0.717) is 0 Å².